The number of benzene rings is 2. The number of amides is 4. The summed E-state index contributed by atoms with van der Waals surface area (Å²) >= 11 is 0. The van der Waals surface area contributed by atoms with Crippen molar-refractivity contribution >= 4 is 23.8 Å². The summed E-state index contributed by atoms with van der Waals surface area (Å²) < 4.78 is 4.96. The van der Waals surface area contributed by atoms with Crippen molar-refractivity contribution in [3.8, 4) is 0 Å². The van der Waals surface area contributed by atoms with Crippen LogP contribution in [0, 0.1) is 0 Å². The number of ether oxygens (including phenoxy) is 1. The molecule has 27 heavy (non-hydrogen) atoms. The molecule has 2 aromatic carbocycles. The lowest BCUT2D eigenvalue weighted by atomic mass is 10.1. The number of hydrogen-bond donors (Lipinski definition) is 3. The minimum atomic E-state index is -1.10. The van der Waals surface area contributed by atoms with Gasteiger partial charge in [-0.1, -0.05) is 48.5 Å². The molecule has 4 amide bonds. The second-order valence-electron chi connectivity index (χ2n) is 5.42. The predicted molar refractivity (Wildman–Crippen MR) is 96.6 cm³/mol. The van der Waals surface area contributed by atoms with Gasteiger partial charge in [0.15, 0.2) is 12.6 Å². The molecule has 0 aliphatic rings. The Morgan fingerprint density at radius 1 is 0.926 bits per heavy atom. The number of nitrogens with one attached hydrogen (secondary N) is 3. The third kappa shape index (κ3) is 5.96. The fourth-order valence-electron chi connectivity index (χ4n) is 2.17. The summed E-state index contributed by atoms with van der Waals surface area (Å²) in [4.78, 5) is 47.5. The van der Waals surface area contributed by atoms with E-state index >= 15 is 0 Å². The van der Waals surface area contributed by atoms with E-state index in [2.05, 4.69) is 10.6 Å². The lowest BCUT2D eigenvalue weighted by molar-refractivity contribution is -0.150. The average molecular weight is 369 g/mol. The van der Waals surface area contributed by atoms with Crippen LogP contribution in [0.15, 0.2) is 60.7 Å². The van der Waals surface area contributed by atoms with Gasteiger partial charge >= 0.3 is 12.0 Å². The Morgan fingerprint density at radius 3 is 2.11 bits per heavy atom. The second-order valence-corrected chi connectivity index (χ2v) is 5.42. The maximum absolute atomic E-state index is 12.5. The highest BCUT2D eigenvalue weighted by molar-refractivity contribution is 5.98. The molecule has 8 nitrogen and oxygen atoms in total. The van der Waals surface area contributed by atoms with E-state index in [4.69, 9.17) is 4.74 Å². The zero-order chi connectivity index (χ0) is 19.6. The molecule has 3 N–H and O–H groups in total. The molecule has 8 heteroatoms. The topological polar surface area (TPSA) is 114 Å². The van der Waals surface area contributed by atoms with Crippen molar-refractivity contribution in [3.05, 3.63) is 71.8 Å². The molecule has 2 rings (SSSR count). The molecule has 0 heterocycles. The molecule has 0 aliphatic carbocycles. The number of esters is 1. The van der Waals surface area contributed by atoms with E-state index in [0.29, 0.717) is 11.1 Å². The minimum Gasteiger partial charge on any atom is -0.454 e. The maximum Gasteiger partial charge on any atom is 0.333 e. The molecule has 2 aromatic rings. The highest BCUT2D eigenvalue weighted by atomic mass is 16.5. The number of rotatable bonds is 6. The summed E-state index contributed by atoms with van der Waals surface area (Å²) in [6.07, 6.45) is 0. The summed E-state index contributed by atoms with van der Waals surface area (Å²) in [7, 11) is 1.35. The Hall–Kier alpha value is -3.68. The van der Waals surface area contributed by atoms with Gasteiger partial charge in [0.2, 0.25) is 0 Å². The molecule has 0 aliphatic heterocycles. The Morgan fingerprint density at radius 2 is 1.52 bits per heavy atom. The molecule has 0 bridgehead atoms. The zero-order valence-electron chi connectivity index (χ0n) is 14.6. The van der Waals surface area contributed by atoms with Crippen LogP contribution in [0.1, 0.15) is 22.0 Å². The SMILES string of the molecule is CNC(=O)NC(=O)COC(=O)C(NC(=O)c1ccccc1)c1ccccc1. The van der Waals surface area contributed by atoms with Crippen LogP contribution in [0.25, 0.3) is 0 Å². The summed E-state index contributed by atoms with van der Waals surface area (Å²) in [5, 5.41) is 6.79. The van der Waals surface area contributed by atoms with Crippen molar-refractivity contribution in [2.75, 3.05) is 13.7 Å². The molecule has 1 unspecified atom stereocenters. The zero-order valence-corrected chi connectivity index (χ0v) is 14.6. The van der Waals surface area contributed by atoms with Crippen LogP contribution in [-0.2, 0) is 14.3 Å². The average Bonchev–Trinajstić information content (AvgIpc) is 2.71. The van der Waals surface area contributed by atoms with E-state index in [1.54, 1.807) is 60.7 Å². The number of urea groups is 1. The van der Waals surface area contributed by atoms with Crippen LogP contribution in [0.2, 0.25) is 0 Å². The van der Waals surface area contributed by atoms with Crippen LogP contribution in [-0.4, -0.2) is 37.5 Å². The molecule has 0 spiro atoms. The quantitative estimate of drug-likeness (QED) is 0.661. The van der Waals surface area contributed by atoms with Crippen molar-refractivity contribution in [2.24, 2.45) is 0 Å². The fourth-order valence-corrected chi connectivity index (χ4v) is 2.17. The molecular formula is C19H19N3O5. The second kappa shape index (κ2) is 9.71. The standard InChI is InChI=1S/C19H19N3O5/c1-20-19(26)21-15(23)12-27-18(25)16(13-8-4-2-5-9-13)22-17(24)14-10-6-3-7-11-14/h2-11,16H,12H2,1H3,(H,22,24)(H2,20,21,23,26). The molecule has 0 radical (unpaired) electrons. The van der Waals surface area contributed by atoms with Crippen LogP contribution in [0.4, 0.5) is 4.79 Å². The van der Waals surface area contributed by atoms with E-state index in [1.807, 2.05) is 5.32 Å². The fraction of sp³-hybridized carbons (Fsp3) is 0.158. The van der Waals surface area contributed by atoms with Gasteiger partial charge in [0.25, 0.3) is 11.8 Å². The number of carbonyl (C=O) groups is 4. The molecule has 1 atom stereocenters. The molecule has 140 valence electrons. The maximum atomic E-state index is 12.5. The van der Waals surface area contributed by atoms with Crippen molar-refractivity contribution in [2.45, 2.75) is 6.04 Å². The van der Waals surface area contributed by atoms with Crippen molar-refractivity contribution in [3.63, 3.8) is 0 Å². The first kappa shape index (κ1) is 19.6. The highest BCUT2D eigenvalue weighted by Gasteiger charge is 2.25. The summed E-state index contributed by atoms with van der Waals surface area (Å²) in [6.45, 7) is -0.656. The molecule has 0 aromatic heterocycles. The van der Waals surface area contributed by atoms with E-state index in [0.717, 1.165) is 0 Å². The van der Waals surface area contributed by atoms with E-state index in [9.17, 15) is 19.2 Å². The predicted octanol–water partition coefficient (Wildman–Crippen LogP) is 1.16. The van der Waals surface area contributed by atoms with Crippen LogP contribution >= 0.6 is 0 Å². The van der Waals surface area contributed by atoms with Gasteiger partial charge in [-0.25, -0.2) is 9.59 Å². The lowest BCUT2D eigenvalue weighted by Gasteiger charge is -2.18. The third-order valence-electron chi connectivity index (χ3n) is 3.51. The first-order valence-corrected chi connectivity index (χ1v) is 8.10. The van der Waals surface area contributed by atoms with Crippen molar-refractivity contribution in [1.82, 2.24) is 16.0 Å². The Bertz CT molecular complexity index is 809. The molecular weight excluding hydrogens is 350 g/mol. The Kier molecular flexibility index (Phi) is 7.07. The van der Waals surface area contributed by atoms with Gasteiger partial charge in [-0.3, -0.25) is 14.9 Å². The number of imide groups is 1. The molecule has 0 saturated carbocycles. The minimum absolute atomic E-state index is 0.378. The van der Waals surface area contributed by atoms with Gasteiger partial charge in [-0.05, 0) is 17.7 Å². The van der Waals surface area contributed by atoms with Crippen LogP contribution in [0.5, 0.6) is 0 Å². The van der Waals surface area contributed by atoms with Crippen LogP contribution < -0.4 is 16.0 Å². The van der Waals surface area contributed by atoms with E-state index in [1.165, 1.54) is 7.05 Å². The Balaban J connectivity index is 2.08. The summed E-state index contributed by atoms with van der Waals surface area (Å²) in [6, 6.07) is 15.1. The molecule has 0 saturated heterocycles. The third-order valence-corrected chi connectivity index (χ3v) is 3.51. The Labute approximate surface area is 155 Å². The van der Waals surface area contributed by atoms with Gasteiger partial charge in [0, 0.05) is 12.6 Å². The first-order valence-electron chi connectivity index (χ1n) is 8.10. The van der Waals surface area contributed by atoms with Gasteiger partial charge in [-0.2, -0.15) is 0 Å². The monoisotopic (exact) mass is 369 g/mol. The van der Waals surface area contributed by atoms with Crippen LogP contribution in [0.3, 0.4) is 0 Å². The first-order chi connectivity index (χ1) is 13.0. The lowest BCUT2D eigenvalue weighted by Crippen LogP contribution is -2.41. The number of hydrogen-bond acceptors (Lipinski definition) is 5. The van der Waals surface area contributed by atoms with E-state index < -0.39 is 36.5 Å². The normalized spacial score (nSPS) is 11.0. The van der Waals surface area contributed by atoms with E-state index in [-0.39, 0.29) is 0 Å². The van der Waals surface area contributed by atoms with Crippen molar-refractivity contribution < 1.29 is 23.9 Å². The van der Waals surface area contributed by atoms with Gasteiger partial charge in [0.1, 0.15) is 0 Å². The van der Waals surface area contributed by atoms with Crippen molar-refractivity contribution in [1.29, 1.82) is 0 Å². The van der Waals surface area contributed by atoms with Gasteiger partial charge < -0.3 is 15.4 Å². The molecule has 0 fully saturated rings. The smallest absolute Gasteiger partial charge is 0.333 e. The number of carbonyl (C=O) groups excluding carboxylic acids is 4. The highest BCUT2D eigenvalue weighted by Crippen LogP contribution is 2.15. The van der Waals surface area contributed by atoms with Gasteiger partial charge in [-0.15, -0.1) is 0 Å². The van der Waals surface area contributed by atoms with Gasteiger partial charge in [0.05, 0.1) is 0 Å². The largest absolute Gasteiger partial charge is 0.454 e. The summed E-state index contributed by atoms with van der Waals surface area (Å²) in [5.74, 6) is -2.07. The summed E-state index contributed by atoms with van der Waals surface area (Å²) in [5.41, 5.74) is 0.877.